The molecule has 22 heavy (non-hydrogen) atoms. The van der Waals surface area contributed by atoms with Crippen LogP contribution in [-0.2, 0) is 21.2 Å². The molecule has 0 radical (unpaired) electrons. The monoisotopic (exact) mass is 317 g/mol. The number of carbonyl (C=O) groups excluding carboxylic acids is 1. The molecule has 2 aromatic rings. The van der Waals surface area contributed by atoms with Gasteiger partial charge >= 0.3 is 0 Å². The standard InChI is InChI=1S/C17H19NO3S/c1-12-9-13(2)17(14(3)10-12)22(20,21)18-16(19)11-15-7-5-4-6-8-15/h4-10H,11H2,1-3H3,(H,18,19). The Balaban J connectivity index is 2.23. The van der Waals surface area contributed by atoms with E-state index in [1.54, 1.807) is 38.1 Å². The van der Waals surface area contributed by atoms with Crippen molar-refractivity contribution in [3.05, 3.63) is 64.7 Å². The molecule has 0 fully saturated rings. The van der Waals surface area contributed by atoms with Gasteiger partial charge in [0, 0.05) is 0 Å². The van der Waals surface area contributed by atoms with Crippen molar-refractivity contribution >= 4 is 15.9 Å². The zero-order chi connectivity index (χ0) is 16.3. The fourth-order valence-corrected chi connectivity index (χ4v) is 4.05. The molecule has 0 heterocycles. The van der Waals surface area contributed by atoms with Crippen LogP contribution in [0.4, 0.5) is 0 Å². The highest BCUT2D eigenvalue weighted by molar-refractivity contribution is 7.90. The summed E-state index contributed by atoms with van der Waals surface area (Å²) in [4.78, 5) is 12.2. The highest BCUT2D eigenvalue weighted by Gasteiger charge is 2.22. The van der Waals surface area contributed by atoms with Crippen molar-refractivity contribution in [3.8, 4) is 0 Å². The van der Waals surface area contributed by atoms with E-state index in [1.807, 2.05) is 25.1 Å². The lowest BCUT2D eigenvalue weighted by Gasteiger charge is -2.13. The number of hydrogen-bond donors (Lipinski definition) is 1. The second-order valence-corrected chi connectivity index (χ2v) is 7.04. The average molecular weight is 317 g/mol. The fourth-order valence-electron chi connectivity index (χ4n) is 2.61. The Labute approximate surface area is 131 Å². The molecule has 0 atom stereocenters. The second kappa shape index (κ2) is 6.32. The first-order valence-corrected chi connectivity index (χ1v) is 8.45. The maximum Gasteiger partial charge on any atom is 0.264 e. The summed E-state index contributed by atoms with van der Waals surface area (Å²) in [5, 5.41) is 0. The molecule has 1 N–H and O–H groups in total. The number of nitrogens with one attached hydrogen (secondary N) is 1. The second-order valence-electron chi connectivity index (χ2n) is 5.42. The van der Waals surface area contributed by atoms with Gasteiger partial charge in [-0.15, -0.1) is 0 Å². The average Bonchev–Trinajstić information content (AvgIpc) is 2.36. The van der Waals surface area contributed by atoms with Gasteiger partial charge in [0.15, 0.2) is 0 Å². The molecule has 2 rings (SSSR count). The molecule has 0 spiro atoms. The van der Waals surface area contributed by atoms with Crippen LogP contribution in [0.3, 0.4) is 0 Å². The number of sulfonamides is 1. The van der Waals surface area contributed by atoms with E-state index in [-0.39, 0.29) is 11.3 Å². The summed E-state index contributed by atoms with van der Waals surface area (Å²) in [6.07, 6.45) is 0.0318. The van der Waals surface area contributed by atoms with Crippen molar-refractivity contribution in [2.24, 2.45) is 0 Å². The molecule has 0 unspecified atom stereocenters. The van der Waals surface area contributed by atoms with Crippen molar-refractivity contribution in [2.75, 3.05) is 0 Å². The first-order valence-electron chi connectivity index (χ1n) is 6.97. The van der Waals surface area contributed by atoms with Crippen LogP contribution in [0.2, 0.25) is 0 Å². The number of rotatable bonds is 4. The van der Waals surface area contributed by atoms with Gasteiger partial charge in [-0.25, -0.2) is 13.1 Å². The van der Waals surface area contributed by atoms with Gasteiger partial charge in [0.1, 0.15) is 0 Å². The predicted octanol–water partition coefficient (Wildman–Crippen LogP) is 2.66. The zero-order valence-electron chi connectivity index (χ0n) is 12.9. The maximum atomic E-state index is 12.5. The molecule has 0 saturated heterocycles. The molecule has 1 amide bonds. The first kappa shape index (κ1) is 16.2. The van der Waals surface area contributed by atoms with Crippen molar-refractivity contribution in [1.29, 1.82) is 0 Å². The van der Waals surface area contributed by atoms with Crippen LogP contribution < -0.4 is 4.72 Å². The van der Waals surface area contributed by atoms with Crippen LogP contribution in [0.15, 0.2) is 47.4 Å². The topological polar surface area (TPSA) is 63.2 Å². The Morgan fingerprint density at radius 2 is 1.55 bits per heavy atom. The van der Waals surface area contributed by atoms with Gasteiger partial charge in [0.25, 0.3) is 10.0 Å². The van der Waals surface area contributed by atoms with E-state index in [9.17, 15) is 13.2 Å². The minimum atomic E-state index is -3.86. The van der Waals surface area contributed by atoms with Crippen molar-refractivity contribution < 1.29 is 13.2 Å². The van der Waals surface area contributed by atoms with E-state index in [4.69, 9.17) is 0 Å². The van der Waals surface area contributed by atoms with Crippen molar-refractivity contribution in [1.82, 2.24) is 4.72 Å². The molecular formula is C17H19NO3S. The van der Waals surface area contributed by atoms with Gasteiger partial charge in [0.05, 0.1) is 11.3 Å². The van der Waals surface area contributed by atoms with Crippen LogP contribution in [0.5, 0.6) is 0 Å². The molecule has 2 aromatic carbocycles. The lowest BCUT2D eigenvalue weighted by atomic mass is 10.1. The van der Waals surface area contributed by atoms with E-state index in [1.165, 1.54) is 0 Å². The molecule has 0 aromatic heterocycles. The van der Waals surface area contributed by atoms with E-state index < -0.39 is 15.9 Å². The summed E-state index contributed by atoms with van der Waals surface area (Å²) in [5.41, 5.74) is 3.03. The summed E-state index contributed by atoms with van der Waals surface area (Å²) >= 11 is 0. The van der Waals surface area contributed by atoms with Gasteiger partial charge in [-0.2, -0.15) is 0 Å². The molecular weight excluding hydrogens is 298 g/mol. The normalized spacial score (nSPS) is 11.2. The Morgan fingerprint density at radius 3 is 2.09 bits per heavy atom. The Kier molecular flexibility index (Phi) is 4.66. The minimum absolute atomic E-state index is 0.0318. The third-order valence-corrected chi connectivity index (χ3v) is 5.01. The van der Waals surface area contributed by atoms with Gasteiger partial charge < -0.3 is 0 Å². The summed E-state index contributed by atoms with van der Waals surface area (Å²) in [6, 6.07) is 12.6. The summed E-state index contributed by atoms with van der Waals surface area (Å²) in [6.45, 7) is 5.37. The minimum Gasteiger partial charge on any atom is -0.274 e. The fraction of sp³-hybridized carbons (Fsp3) is 0.235. The number of aryl methyl sites for hydroxylation is 3. The van der Waals surface area contributed by atoms with Crippen LogP contribution in [0.25, 0.3) is 0 Å². The summed E-state index contributed by atoms with van der Waals surface area (Å²) in [7, 11) is -3.86. The lowest BCUT2D eigenvalue weighted by molar-refractivity contribution is -0.118. The molecule has 0 aliphatic rings. The first-order chi connectivity index (χ1) is 10.3. The molecule has 5 heteroatoms. The van der Waals surface area contributed by atoms with Crippen molar-refractivity contribution in [2.45, 2.75) is 32.1 Å². The van der Waals surface area contributed by atoms with Gasteiger partial charge in [-0.1, -0.05) is 48.0 Å². The smallest absolute Gasteiger partial charge is 0.264 e. The van der Waals surface area contributed by atoms with E-state index in [2.05, 4.69) is 4.72 Å². The predicted molar refractivity (Wildman–Crippen MR) is 86.1 cm³/mol. The Bertz CT molecular complexity index is 773. The maximum absolute atomic E-state index is 12.5. The highest BCUT2D eigenvalue weighted by atomic mass is 32.2. The Morgan fingerprint density at radius 1 is 1.00 bits per heavy atom. The highest BCUT2D eigenvalue weighted by Crippen LogP contribution is 2.21. The SMILES string of the molecule is Cc1cc(C)c(S(=O)(=O)NC(=O)Cc2ccccc2)c(C)c1. The van der Waals surface area contributed by atoms with Gasteiger partial charge in [-0.3, -0.25) is 4.79 Å². The molecule has 0 aliphatic carbocycles. The summed E-state index contributed by atoms with van der Waals surface area (Å²) in [5.74, 6) is -0.537. The molecule has 0 saturated carbocycles. The lowest BCUT2D eigenvalue weighted by Crippen LogP contribution is -2.32. The van der Waals surface area contributed by atoms with Gasteiger partial charge in [-0.05, 0) is 37.5 Å². The Hall–Kier alpha value is -2.14. The number of hydrogen-bond acceptors (Lipinski definition) is 3. The van der Waals surface area contributed by atoms with Crippen LogP contribution in [-0.4, -0.2) is 14.3 Å². The molecule has 0 aliphatic heterocycles. The number of carbonyl (C=O) groups is 1. The quantitative estimate of drug-likeness (QED) is 0.943. The van der Waals surface area contributed by atoms with E-state index >= 15 is 0 Å². The number of amides is 1. The largest absolute Gasteiger partial charge is 0.274 e. The number of benzene rings is 2. The zero-order valence-corrected chi connectivity index (χ0v) is 13.7. The van der Waals surface area contributed by atoms with Crippen molar-refractivity contribution in [3.63, 3.8) is 0 Å². The van der Waals surface area contributed by atoms with E-state index in [0.717, 1.165) is 11.1 Å². The third kappa shape index (κ3) is 3.74. The van der Waals surface area contributed by atoms with Gasteiger partial charge in [0.2, 0.25) is 5.91 Å². The van der Waals surface area contributed by atoms with Crippen LogP contribution in [0.1, 0.15) is 22.3 Å². The van der Waals surface area contributed by atoms with Crippen LogP contribution in [0, 0.1) is 20.8 Å². The molecule has 116 valence electrons. The third-order valence-electron chi connectivity index (χ3n) is 3.33. The molecule has 4 nitrogen and oxygen atoms in total. The summed E-state index contributed by atoms with van der Waals surface area (Å²) < 4.78 is 27.1. The van der Waals surface area contributed by atoms with Crippen LogP contribution >= 0.6 is 0 Å². The van der Waals surface area contributed by atoms with E-state index in [0.29, 0.717) is 11.1 Å². The molecule has 0 bridgehead atoms.